The summed E-state index contributed by atoms with van der Waals surface area (Å²) in [5, 5.41) is 7.12. The van der Waals surface area contributed by atoms with E-state index in [0.717, 1.165) is 10.1 Å². The van der Waals surface area contributed by atoms with Crippen molar-refractivity contribution < 1.29 is 9.53 Å². The molecule has 170 valence electrons. The standard InChI is InChI=1S/C24H25N5O4/c1-3-27-15-20-22(26-27)23(31)29(14-17-8-6-5-7-9-17)24(32)28(20)16-21(30)25-18-10-12-19(13-11-18)33-4-2/h5-13,15H,3-4,14,16H2,1-2H3,(H,25,30). The number of rotatable bonds is 8. The van der Waals surface area contributed by atoms with Gasteiger partial charge in [-0.1, -0.05) is 30.3 Å². The van der Waals surface area contributed by atoms with Crippen LogP contribution >= 0.6 is 0 Å². The SMILES string of the molecule is CCOc1ccc(NC(=O)Cn2c(=O)n(Cc3ccccc3)c(=O)c3nn(CC)cc32)cc1. The second-order valence-corrected chi connectivity index (χ2v) is 7.47. The van der Waals surface area contributed by atoms with E-state index in [2.05, 4.69) is 10.4 Å². The van der Waals surface area contributed by atoms with Crippen LogP contribution in [0.5, 0.6) is 5.75 Å². The Kier molecular flexibility index (Phi) is 6.39. The van der Waals surface area contributed by atoms with Crippen molar-refractivity contribution >= 4 is 22.6 Å². The normalized spacial score (nSPS) is 11.0. The number of carbonyl (C=O) groups is 1. The maximum Gasteiger partial charge on any atom is 0.332 e. The van der Waals surface area contributed by atoms with Gasteiger partial charge in [0.25, 0.3) is 5.56 Å². The number of nitrogens with one attached hydrogen (secondary N) is 1. The van der Waals surface area contributed by atoms with E-state index in [1.54, 1.807) is 35.1 Å². The molecule has 1 amide bonds. The highest BCUT2D eigenvalue weighted by molar-refractivity contribution is 5.91. The van der Waals surface area contributed by atoms with Gasteiger partial charge < -0.3 is 10.1 Å². The highest BCUT2D eigenvalue weighted by Gasteiger charge is 2.18. The summed E-state index contributed by atoms with van der Waals surface area (Å²) >= 11 is 0. The first-order chi connectivity index (χ1) is 16.0. The van der Waals surface area contributed by atoms with Crippen LogP contribution in [0, 0.1) is 0 Å². The Bertz CT molecular complexity index is 1380. The molecule has 0 saturated heterocycles. The zero-order valence-electron chi connectivity index (χ0n) is 18.5. The van der Waals surface area contributed by atoms with E-state index in [-0.39, 0.29) is 18.6 Å². The van der Waals surface area contributed by atoms with Crippen molar-refractivity contribution in [1.29, 1.82) is 0 Å². The van der Waals surface area contributed by atoms with Crippen molar-refractivity contribution in [3.8, 4) is 5.75 Å². The molecule has 2 aromatic carbocycles. The molecule has 0 bridgehead atoms. The molecule has 4 aromatic rings. The van der Waals surface area contributed by atoms with Gasteiger partial charge in [-0.25, -0.2) is 4.79 Å². The van der Waals surface area contributed by atoms with Crippen molar-refractivity contribution in [1.82, 2.24) is 18.9 Å². The van der Waals surface area contributed by atoms with E-state index in [1.165, 1.54) is 4.57 Å². The molecule has 0 aliphatic rings. The summed E-state index contributed by atoms with van der Waals surface area (Å²) in [7, 11) is 0. The molecule has 2 aromatic heterocycles. The quantitative estimate of drug-likeness (QED) is 0.447. The number of aryl methyl sites for hydroxylation is 1. The van der Waals surface area contributed by atoms with Crippen LogP contribution in [0.1, 0.15) is 19.4 Å². The van der Waals surface area contributed by atoms with Crippen LogP contribution in [0.4, 0.5) is 5.69 Å². The molecule has 0 aliphatic heterocycles. The third-order valence-corrected chi connectivity index (χ3v) is 5.20. The number of benzene rings is 2. The van der Waals surface area contributed by atoms with Crippen molar-refractivity contribution in [3.05, 3.63) is 87.2 Å². The van der Waals surface area contributed by atoms with Crippen molar-refractivity contribution in [2.75, 3.05) is 11.9 Å². The van der Waals surface area contributed by atoms with Gasteiger partial charge >= 0.3 is 5.69 Å². The van der Waals surface area contributed by atoms with E-state index < -0.39 is 17.2 Å². The topological polar surface area (TPSA) is 100 Å². The van der Waals surface area contributed by atoms with Crippen LogP contribution in [0.2, 0.25) is 0 Å². The lowest BCUT2D eigenvalue weighted by Crippen LogP contribution is -2.41. The van der Waals surface area contributed by atoms with Crippen LogP contribution in [0.3, 0.4) is 0 Å². The second kappa shape index (κ2) is 9.56. The molecule has 9 heteroatoms. The Hall–Kier alpha value is -4.14. The summed E-state index contributed by atoms with van der Waals surface area (Å²) in [6.07, 6.45) is 1.62. The fourth-order valence-electron chi connectivity index (χ4n) is 3.59. The van der Waals surface area contributed by atoms with E-state index in [9.17, 15) is 14.4 Å². The summed E-state index contributed by atoms with van der Waals surface area (Å²) in [5.74, 6) is 0.310. The zero-order chi connectivity index (χ0) is 23.4. The lowest BCUT2D eigenvalue weighted by molar-refractivity contribution is -0.116. The van der Waals surface area contributed by atoms with Gasteiger partial charge in [-0.2, -0.15) is 5.10 Å². The minimum Gasteiger partial charge on any atom is -0.494 e. The molecule has 0 radical (unpaired) electrons. The zero-order valence-corrected chi connectivity index (χ0v) is 18.5. The predicted octanol–water partition coefficient (Wildman–Crippen LogP) is 2.47. The molecule has 0 spiro atoms. The van der Waals surface area contributed by atoms with Gasteiger partial charge in [0.2, 0.25) is 5.91 Å². The van der Waals surface area contributed by atoms with Crippen molar-refractivity contribution in [2.24, 2.45) is 0 Å². The molecule has 4 rings (SSSR count). The number of anilines is 1. The van der Waals surface area contributed by atoms with Crippen LogP contribution in [0.25, 0.3) is 11.0 Å². The summed E-state index contributed by atoms with van der Waals surface area (Å²) in [4.78, 5) is 39.2. The van der Waals surface area contributed by atoms with Crippen LogP contribution in [-0.4, -0.2) is 31.4 Å². The minimum atomic E-state index is -0.561. The average molecular weight is 447 g/mol. The molecule has 0 fully saturated rings. The molecule has 2 heterocycles. The first kappa shape index (κ1) is 22.1. The first-order valence-corrected chi connectivity index (χ1v) is 10.8. The number of aromatic nitrogens is 4. The predicted molar refractivity (Wildman–Crippen MR) is 126 cm³/mol. The first-order valence-electron chi connectivity index (χ1n) is 10.8. The van der Waals surface area contributed by atoms with Crippen LogP contribution in [0.15, 0.2) is 70.4 Å². The Morgan fingerprint density at radius 3 is 2.39 bits per heavy atom. The summed E-state index contributed by atoms with van der Waals surface area (Å²) in [6.45, 7) is 4.69. The number of carbonyl (C=O) groups excluding carboxylic acids is 1. The number of fused-ring (bicyclic) bond motifs is 1. The highest BCUT2D eigenvalue weighted by atomic mass is 16.5. The average Bonchev–Trinajstić information content (AvgIpc) is 3.26. The third kappa shape index (κ3) is 4.72. The molecule has 9 nitrogen and oxygen atoms in total. The number of hydrogen-bond donors (Lipinski definition) is 1. The van der Waals surface area contributed by atoms with Gasteiger partial charge in [-0.15, -0.1) is 0 Å². The Labute approximate surface area is 189 Å². The lowest BCUT2D eigenvalue weighted by atomic mass is 10.2. The number of ether oxygens (including phenoxy) is 1. The number of nitrogens with zero attached hydrogens (tertiary/aromatic N) is 4. The number of amides is 1. The van der Waals surface area contributed by atoms with Crippen LogP contribution in [-0.2, 0) is 24.4 Å². The third-order valence-electron chi connectivity index (χ3n) is 5.20. The maximum absolute atomic E-state index is 13.3. The fourth-order valence-corrected chi connectivity index (χ4v) is 3.59. The molecular weight excluding hydrogens is 422 g/mol. The van der Waals surface area contributed by atoms with E-state index >= 15 is 0 Å². The molecule has 0 atom stereocenters. The molecule has 33 heavy (non-hydrogen) atoms. The van der Waals surface area contributed by atoms with Gasteiger partial charge in [-0.3, -0.25) is 23.4 Å². The smallest absolute Gasteiger partial charge is 0.332 e. The molecule has 1 N–H and O–H groups in total. The summed E-state index contributed by atoms with van der Waals surface area (Å²) in [6, 6.07) is 16.2. The minimum absolute atomic E-state index is 0.0912. The van der Waals surface area contributed by atoms with Crippen molar-refractivity contribution in [2.45, 2.75) is 33.5 Å². The second-order valence-electron chi connectivity index (χ2n) is 7.47. The van der Waals surface area contributed by atoms with Gasteiger partial charge in [0.05, 0.1) is 18.7 Å². The Balaban J connectivity index is 1.69. The van der Waals surface area contributed by atoms with Gasteiger partial charge in [0.1, 0.15) is 12.3 Å². The Morgan fingerprint density at radius 2 is 1.73 bits per heavy atom. The van der Waals surface area contributed by atoms with Gasteiger partial charge in [-0.05, 0) is 43.7 Å². The maximum atomic E-state index is 13.3. The van der Waals surface area contributed by atoms with Crippen LogP contribution < -0.4 is 21.3 Å². The van der Waals surface area contributed by atoms with E-state index in [4.69, 9.17) is 4.74 Å². The van der Waals surface area contributed by atoms with E-state index in [0.29, 0.717) is 30.1 Å². The monoisotopic (exact) mass is 447 g/mol. The van der Waals surface area contributed by atoms with Gasteiger partial charge in [0, 0.05) is 18.4 Å². The molecule has 0 aliphatic carbocycles. The molecular formula is C24H25N5O4. The highest BCUT2D eigenvalue weighted by Crippen LogP contribution is 2.16. The lowest BCUT2D eigenvalue weighted by Gasteiger charge is -2.12. The molecule has 0 unspecified atom stereocenters. The molecule has 0 saturated carbocycles. The summed E-state index contributed by atoms with van der Waals surface area (Å²) < 4.78 is 9.41. The van der Waals surface area contributed by atoms with Gasteiger partial charge in [0.15, 0.2) is 5.52 Å². The fraction of sp³-hybridized carbons (Fsp3) is 0.250. The van der Waals surface area contributed by atoms with E-state index in [1.807, 2.05) is 44.2 Å². The van der Waals surface area contributed by atoms with Crippen molar-refractivity contribution in [3.63, 3.8) is 0 Å². The Morgan fingerprint density at radius 1 is 1.00 bits per heavy atom. The number of hydrogen-bond acceptors (Lipinski definition) is 5. The summed E-state index contributed by atoms with van der Waals surface area (Å²) in [5.41, 5.74) is 0.827. The largest absolute Gasteiger partial charge is 0.494 e.